The average Bonchev–Trinajstić information content (AvgIpc) is 3.15. The number of nitrogens with zero attached hydrogens (tertiary/aromatic N) is 2. The summed E-state index contributed by atoms with van der Waals surface area (Å²) in [5, 5.41) is 3.61. The van der Waals surface area contributed by atoms with E-state index in [4.69, 9.17) is 0 Å². The highest BCUT2D eigenvalue weighted by Gasteiger charge is 2.25. The van der Waals surface area contributed by atoms with Gasteiger partial charge in [0.25, 0.3) is 0 Å². The van der Waals surface area contributed by atoms with E-state index < -0.39 is 10.0 Å². The predicted octanol–water partition coefficient (Wildman–Crippen LogP) is 3.77. The highest BCUT2D eigenvalue weighted by Crippen LogP contribution is 2.29. The molecule has 1 fully saturated rings. The average molecular weight is 434 g/mol. The van der Waals surface area contributed by atoms with E-state index in [0.717, 1.165) is 43.4 Å². The molecule has 2 aromatic rings. The van der Waals surface area contributed by atoms with Gasteiger partial charge in [-0.05, 0) is 62.6 Å². The van der Waals surface area contributed by atoms with E-state index >= 15 is 0 Å². The number of thiazole rings is 1. The maximum Gasteiger partial charge on any atom is 0.243 e. The van der Waals surface area contributed by atoms with Gasteiger partial charge in [-0.2, -0.15) is 4.31 Å². The summed E-state index contributed by atoms with van der Waals surface area (Å²) in [6.45, 7) is 1.20. The van der Waals surface area contributed by atoms with E-state index in [0.29, 0.717) is 36.0 Å². The number of carbonyl (C=O) groups excluding carboxylic acids is 1. The summed E-state index contributed by atoms with van der Waals surface area (Å²) in [5.74, 6) is -0.0545. The first-order chi connectivity index (χ1) is 14.0. The van der Waals surface area contributed by atoms with Crippen molar-refractivity contribution in [3.8, 4) is 0 Å². The van der Waals surface area contributed by atoms with Crippen molar-refractivity contribution in [2.45, 2.75) is 62.7 Å². The number of piperidine rings is 1. The quantitative estimate of drug-likeness (QED) is 0.752. The van der Waals surface area contributed by atoms with Crippen LogP contribution in [-0.2, 0) is 34.1 Å². The first kappa shape index (κ1) is 20.5. The summed E-state index contributed by atoms with van der Waals surface area (Å²) in [6.07, 6.45) is 8.31. The summed E-state index contributed by atoms with van der Waals surface area (Å²) in [6, 6.07) is 6.94. The Kier molecular flexibility index (Phi) is 6.32. The van der Waals surface area contributed by atoms with Gasteiger partial charge in [0, 0.05) is 24.4 Å². The first-order valence-electron chi connectivity index (χ1n) is 10.4. The number of carbonyl (C=O) groups is 1. The van der Waals surface area contributed by atoms with Crippen LogP contribution in [0.2, 0.25) is 0 Å². The lowest BCUT2D eigenvalue weighted by Crippen LogP contribution is -2.35. The Morgan fingerprint density at radius 1 is 1.03 bits per heavy atom. The van der Waals surface area contributed by atoms with Crippen LogP contribution in [0.1, 0.15) is 54.7 Å². The fourth-order valence-corrected chi connectivity index (χ4v) is 6.51. The van der Waals surface area contributed by atoms with E-state index in [-0.39, 0.29) is 5.91 Å². The van der Waals surface area contributed by atoms with Crippen LogP contribution in [0.4, 0.5) is 5.13 Å². The normalized spacial score (nSPS) is 17.7. The molecule has 8 heteroatoms. The fraction of sp³-hybridized carbons (Fsp3) is 0.524. The van der Waals surface area contributed by atoms with Crippen molar-refractivity contribution in [2.24, 2.45) is 0 Å². The number of nitrogens with one attached hydrogen (secondary N) is 1. The molecule has 0 atom stereocenters. The number of benzene rings is 1. The monoisotopic (exact) mass is 433 g/mol. The number of hydrogen-bond acceptors (Lipinski definition) is 5. The third-order valence-electron chi connectivity index (χ3n) is 5.61. The molecule has 0 spiro atoms. The molecular weight excluding hydrogens is 406 g/mol. The molecule has 1 N–H and O–H groups in total. The molecule has 0 radical (unpaired) electrons. The van der Waals surface area contributed by atoms with Crippen molar-refractivity contribution in [2.75, 3.05) is 18.4 Å². The number of aromatic nitrogens is 1. The third-order valence-corrected chi connectivity index (χ3v) is 8.59. The molecule has 2 heterocycles. The van der Waals surface area contributed by atoms with Gasteiger partial charge >= 0.3 is 0 Å². The van der Waals surface area contributed by atoms with Gasteiger partial charge < -0.3 is 5.32 Å². The van der Waals surface area contributed by atoms with Crippen molar-refractivity contribution in [1.29, 1.82) is 0 Å². The van der Waals surface area contributed by atoms with Crippen LogP contribution >= 0.6 is 11.3 Å². The molecule has 0 saturated carbocycles. The number of amides is 1. The molecule has 1 saturated heterocycles. The van der Waals surface area contributed by atoms with E-state index in [2.05, 4.69) is 10.3 Å². The minimum absolute atomic E-state index is 0.0545. The van der Waals surface area contributed by atoms with Crippen molar-refractivity contribution < 1.29 is 13.2 Å². The minimum atomic E-state index is -3.41. The molecule has 2 aliphatic rings. The molecule has 0 unspecified atom stereocenters. The van der Waals surface area contributed by atoms with E-state index in [1.807, 2.05) is 12.1 Å². The van der Waals surface area contributed by atoms with Gasteiger partial charge in [0.15, 0.2) is 5.13 Å². The van der Waals surface area contributed by atoms with Crippen LogP contribution in [0, 0.1) is 0 Å². The van der Waals surface area contributed by atoms with Crippen LogP contribution in [0.5, 0.6) is 0 Å². The Morgan fingerprint density at radius 2 is 1.76 bits per heavy atom. The van der Waals surface area contributed by atoms with Gasteiger partial charge in [0.05, 0.1) is 10.6 Å². The van der Waals surface area contributed by atoms with Crippen molar-refractivity contribution >= 4 is 32.4 Å². The summed E-state index contributed by atoms with van der Waals surface area (Å²) < 4.78 is 27.0. The van der Waals surface area contributed by atoms with Crippen LogP contribution in [0.3, 0.4) is 0 Å². The first-order valence-corrected chi connectivity index (χ1v) is 12.7. The largest absolute Gasteiger partial charge is 0.302 e. The molecule has 1 aliphatic carbocycles. The smallest absolute Gasteiger partial charge is 0.243 e. The number of fused-ring (bicyclic) bond motifs is 1. The maximum atomic E-state index is 12.7. The van der Waals surface area contributed by atoms with E-state index in [1.165, 1.54) is 17.7 Å². The molecule has 4 rings (SSSR count). The van der Waals surface area contributed by atoms with Crippen LogP contribution in [0.25, 0.3) is 0 Å². The molecule has 0 bridgehead atoms. The number of anilines is 1. The van der Waals surface area contributed by atoms with E-state index in [9.17, 15) is 13.2 Å². The van der Waals surface area contributed by atoms with Crippen LogP contribution in [-0.4, -0.2) is 36.7 Å². The Hall–Kier alpha value is -1.77. The zero-order valence-electron chi connectivity index (χ0n) is 16.5. The Morgan fingerprint density at radius 3 is 2.48 bits per heavy atom. The predicted molar refractivity (Wildman–Crippen MR) is 115 cm³/mol. The Bertz CT molecular complexity index is 938. The van der Waals surface area contributed by atoms with Gasteiger partial charge in [0.1, 0.15) is 0 Å². The van der Waals surface area contributed by atoms with Crippen molar-refractivity contribution in [3.05, 3.63) is 40.4 Å². The highest BCUT2D eigenvalue weighted by molar-refractivity contribution is 7.89. The second-order valence-corrected chi connectivity index (χ2v) is 10.8. The topological polar surface area (TPSA) is 79.4 Å². The number of sulfonamides is 1. The van der Waals surface area contributed by atoms with Crippen molar-refractivity contribution in [1.82, 2.24) is 9.29 Å². The highest BCUT2D eigenvalue weighted by atomic mass is 32.2. The maximum absolute atomic E-state index is 12.7. The molecule has 1 amide bonds. The van der Waals surface area contributed by atoms with Gasteiger partial charge in [-0.15, -0.1) is 11.3 Å². The van der Waals surface area contributed by atoms with Crippen LogP contribution in [0.15, 0.2) is 29.2 Å². The zero-order valence-corrected chi connectivity index (χ0v) is 18.2. The Labute approximate surface area is 176 Å². The molecule has 1 aliphatic heterocycles. The third kappa shape index (κ3) is 4.87. The lowest BCUT2D eigenvalue weighted by atomic mass is 10.0. The van der Waals surface area contributed by atoms with Crippen molar-refractivity contribution in [3.63, 3.8) is 0 Å². The number of aryl methyl sites for hydroxylation is 3. The van der Waals surface area contributed by atoms with Gasteiger partial charge in [-0.1, -0.05) is 18.6 Å². The zero-order chi connectivity index (χ0) is 20.3. The summed E-state index contributed by atoms with van der Waals surface area (Å²) in [4.78, 5) is 18.5. The lowest BCUT2D eigenvalue weighted by Gasteiger charge is -2.25. The molecular formula is C21H27N3O3S2. The second kappa shape index (κ2) is 8.93. The number of rotatable bonds is 6. The van der Waals surface area contributed by atoms with Gasteiger partial charge in [0.2, 0.25) is 15.9 Å². The SMILES string of the molecule is O=C(CCc1ccc(S(=O)(=O)N2CCCCC2)cc1)Nc1nc2c(s1)CCCC2. The lowest BCUT2D eigenvalue weighted by molar-refractivity contribution is -0.116. The fourth-order valence-electron chi connectivity index (χ4n) is 3.93. The van der Waals surface area contributed by atoms with Gasteiger partial charge in [-0.3, -0.25) is 4.79 Å². The molecule has 156 valence electrons. The van der Waals surface area contributed by atoms with Gasteiger partial charge in [-0.25, -0.2) is 13.4 Å². The molecule has 1 aromatic heterocycles. The molecule has 6 nitrogen and oxygen atoms in total. The summed E-state index contributed by atoms with van der Waals surface area (Å²) in [7, 11) is -3.41. The number of hydrogen-bond donors (Lipinski definition) is 1. The second-order valence-electron chi connectivity index (χ2n) is 7.75. The summed E-state index contributed by atoms with van der Waals surface area (Å²) in [5.41, 5.74) is 2.10. The Balaban J connectivity index is 1.31. The summed E-state index contributed by atoms with van der Waals surface area (Å²) >= 11 is 1.59. The van der Waals surface area contributed by atoms with Crippen LogP contribution < -0.4 is 5.32 Å². The standard InChI is InChI=1S/C21H27N3O3S2/c25-20(23-21-22-18-6-2-3-7-19(18)28-21)13-10-16-8-11-17(12-9-16)29(26,27)24-14-4-1-5-15-24/h8-9,11-12H,1-7,10,13-15H2,(H,22,23,25). The van der Waals surface area contributed by atoms with E-state index in [1.54, 1.807) is 27.8 Å². The molecule has 1 aromatic carbocycles. The molecule has 29 heavy (non-hydrogen) atoms. The minimum Gasteiger partial charge on any atom is -0.302 e.